The lowest BCUT2D eigenvalue weighted by molar-refractivity contribution is -0.110. The zero-order chi connectivity index (χ0) is 17.5. The summed E-state index contributed by atoms with van der Waals surface area (Å²) in [4.78, 5) is 12.6. The van der Waals surface area contributed by atoms with Gasteiger partial charge in [-0.1, -0.05) is 78.9 Å². The zero-order valence-electron chi connectivity index (χ0n) is 14.1. The molecule has 0 amide bonds. The summed E-state index contributed by atoms with van der Waals surface area (Å²) in [6.07, 6.45) is 5.68. The summed E-state index contributed by atoms with van der Waals surface area (Å²) in [7, 11) is 0. The van der Waals surface area contributed by atoms with Crippen molar-refractivity contribution in [2.45, 2.75) is 0 Å². The molecule has 2 aliphatic rings. The minimum absolute atomic E-state index is 0.0786. The maximum atomic E-state index is 12.6. The fraction of sp³-hybridized carbons (Fsp3) is 0. The number of hydrogen-bond acceptors (Lipinski definition) is 1. The Morgan fingerprint density at radius 2 is 1.31 bits per heavy atom. The Morgan fingerprint density at radius 3 is 2.04 bits per heavy atom. The molecule has 1 nitrogen and oxygen atoms in total. The smallest absolute Gasteiger partial charge is 0.186 e. The first-order valence-electron chi connectivity index (χ1n) is 8.76. The number of carbonyl (C=O) groups is 1. The number of rotatable bonds is 2. The monoisotopic (exact) mass is 332 g/mol. The van der Waals surface area contributed by atoms with Crippen LogP contribution in [0.5, 0.6) is 0 Å². The van der Waals surface area contributed by atoms with Gasteiger partial charge in [-0.25, -0.2) is 0 Å². The summed E-state index contributed by atoms with van der Waals surface area (Å²) in [5.74, 6) is 0.0786. The summed E-state index contributed by atoms with van der Waals surface area (Å²) < 4.78 is 0. The van der Waals surface area contributed by atoms with Crippen LogP contribution in [0.25, 0.3) is 28.3 Å². The van der Waals surface area contributed by atoms with Crippen molar-refractivity contribution in [3.63, 3.8) is 0 Å². The molecule has 2 aliphatic carbocycles. The third-order valence-corrected chi connectivity index (χ3v) is 5.02. The average Bonchev–Trinajstić information content (AvgIpc) is 3.10. The lowest BCUT2D eigenvalue weighted by Gasteiger charge is -2.18. The third-order valence-electron chi connectivity index (χ3n) is 5.02. The van der Waals surface area contributed by atoms with Crippen molar-refractivity contribution in [1.82, 2.24) is 0 Å². The highest BCUT2D eigenvalue weighted by atomic mass is 16.1. The van der Waals surface area contributed by atoms with Crippen LogP contribution in [-0.4, -0.2) is 5.78 Å². The number of hydrogen-bond donors (Lipinski definition) is 0. The highest BCUT2D eigenvalue weighted by Crippen LogP contribution is 2.47. The molecule has 0 saturated heterocycles. The minimum atomic E-state index is 0.0786. The summed E-state index contributed by atoms with van der Waals surface area (Å²) in [6.45, 7) is 0. The van der Waals surface area contributed by atoms with Gasteiger partial charge in [-0.15, -0.1) is 0 Å². The average molecular weight is 332 g/mol. The number of fused-ring (bicyclic) bond motifs is 3. The summed E-state index contributed by atoms with van der Waals surface area (Å²) >= 11 is 0. The van der Waals surface area contributed by atoms with Gasteiger partial charge in [0.15, 0.2) is 5.78 Å². The van der Waals surface area contributed by atoms with Crippen molar-refractivity contribution in [2.75, 3.05) is 0 Å². The van der Waals surface area contributed by atoms with Crippen molar-refractivity contribution in [3.8, 4) is 11.1 Å². The lowest BCUT2D eigenvalue weighted by Crippen LogP contribution is -2.05. The fourth-order valence-corrected chi connectivity index (χ4v) is 3.85. The van der Waals surface area contributed by atoms with Gasteiger partial charge >= 0.3 is 0 Å². The van der Waals surface area contributed by atoms with Crippen molar-refractivity contribution in [1.29, 1.82) is 0 Å². The van der Waals surface area contributed by atoms with Crippen LogP contribution in [0.2, 0.25) is 0 Å². The predicted octanol–water partition coefficient (Wildman–Crippen LogP) is 5.80. The maximum Gasteiger partial charge on any atom is 0.186 e. The van der Waals surface area contributed by atoms with Crippen molar-refractivity contribution >= 4 is 23.0 Å². The quantitative estimate of drug-likeness (QED) is 0.579. The molecular formula is C25H16O. The third kappa shape index (κ3) is 2.21. The maximum absolute atomic E-state index is 12.6. The summed E-state index contributed by atoms with van der Waals surface area (Å²) in [5, 5.41) is 0. The molecule has 0 atom stereocenters. The Balaban J connectivity index is 1.83. The molecule has 1 heteroatoms. The van der Waals surface area contributed by atoms with Gasteiger partial charge in [-0.05, 0) is 51.6 Å². The molecule has 3 aromatic rings. The number of ketones is 1. The summed E-state index contributed by atoms with van der Waals surface area (Å²) in [6, 6.07) is 27.0. The number of allylic oxidation sites excluding steroid dienone is 5. The summed E-state index contributed by atoms with van der Waals surface area (Å²) in [5.41, 5.74) is 8.70. The first-order chi connectivity index (χ1) is 12.8. The second-order valence-electron chi connectivity index (χ2n) is 6.55. The van der Waals surface area contributed by atoms with E-state index in [0.29, 0.717) is 0 Å². The highest BCUT2D eigenvalue weighted by Gasteiger charge is 2.30. The van der Waals surface area contributed by atoms with Crippen molar-refractivity contribution < 1.29 is 4.79 Å². The number of benzene rings is 3. The van der Waals surface area contributed by atoms with Gasteiger partial charge in [0.25, 0.3) is 0 Å². The SMILES string of the molecule is O=C1C=CC(c2ccccc2)=C2C1=Cc1cccc(-c3ccccc3)c12. The molecule has 0 aliphatic heterocycles. The second-order valence-corrected chi connectivity index (χ2v) is 6.55. The van der Waals surface area contributed by atoms with Gasteiger partial charge in [0.05, 0.1) is 0 Å². The molecular weight excluding hydrogens is 316 g/mol. The Hall–Kier alpha value is -3.45. The van der Waals surface area contributed by atoms with Crippen molar-refractivity contribution in [3.05, 3.63) is 113 Å². The molecule has 3 aromatic carbocycles. The molecule has 0 unspecified atom stereocenters. The highest BCUT2D eigenvalue weighted by molar-refractivity contribution is 6.30. The second kappa shape index (κ2) is 5.82. The van der Waals surface area contributed by atoms with Gasteiger partial charge in [-0.2, -0.15) is 0 Å². The largest absolute Gasteiger partial charge is 0.289 e. The molecule has 0 heterocycles. The molecule has 0 fully saturated rings. The van der Waals surface area contributed by atoms with E-state index in [-0.39, 0.29) is 5.78 Å². The van der Waals surface area contributed by atoms with Crippen LogP contribution < -0.4 is 0 Å². The van der Waals surface area contributed by atoms with E-state index in [2.05, 4.69) is 54.6 Å². The van der Waals surface area contributed by atoms with Gasteiger partial charge in [0, 0.05) is 11.1 Å². The van der Waals surface area contributed by atoms with E-state index in [4.69, 9.17) is 0 Å². The van der Waals surface area contributed by atoms with E-state index in [9.17, 15) is 4.79 Å². The van der Waals surface area contributed by atoms with Crippen LogP contribution in [-0.2, 0) is 4.79 Å². The van der Waals surface area contributed by atoms with Gasteiger partial charge in [-0.3, -0.25) is 4.79 Å². The van der Waals surface area contributed by atoms with Gasteiger partial charge in [0.2, 0.25) is 0 Å². The minimum Gasteiger partial charge on any atom is -0.289 e. The fourth-order valence-electron chi connectivity index (χ4n) is 3.85. The van der Waals surface area contributed by atoms with Crippen LogP contribution in [0, 0.1) is 0 Å². The van der Waals surface area contributed by atoms with E-state index < -0.39 is 0 Å². The first-order valence-corrected chi connectivity index (χ1v) is 8.76. The van der Waals surface area contributed by atoms with E-state index in [1.54, 1.807) is 6.08 Å². The number of carbonyl (C=O) groups excluding carboxylic acids is 1. The Bertz CT molecular complexity index is 1110. The Labute approximate surface area is 152 Å². The van der Waals surface area contributed by atoms with E-state index in [1.165, 1.54) is 11.1 Å². The molecule has 122 valence electrons. The lowest BCUT2D eigenvalue weighted by atomic mass is 9.84. The van der Waals surface area contributed by atoms with Gasteiger partial charge < -0.3 is 0 Å². The van der Waals surface area contributed by atoms with Crippen LogP contribution >= 0.6 is 0 Å². The molecule has 0 aromatic heterocycles. The molecule has 0 saturated carbocycles. The van der Waals surface area contributed by atoms with E-state index in [0.717, 1.165) is 33.4 Å². The molecule has 0 spiro atoms. The molecule has 26 heavy (non-hydrogen) atoms. The molecule has 5 rings (SSSR count). The van der Waals surface area contributed by atoms with Gasteiger partial charge in [0.1, 0.15) is 0 Å². The van der Waals surface area contributed by atoms with E-state index in [1.807, 2.05) is 36.4 Å². The first kappa shape index (κ1) is 14.9. The normalized spacial score (nSPS) is 14.9. The van der Waals surface area contributed by atoms with E-state index >= 15 is 0 Å². The molecule has 0 bridgehead atoms. The van der Waals surface area contributed by atoms with Crippen LogP contribution in [0.4, 0.5) is 0 Å². The van der Waals surface area contributed by atoms with Crippen molar-refractivity contribution in [2.24, 2.45) is 0 Å². The zero-order valence-corrected chi connectivity index (χ0v) is 14.1. The Kier molecular flexibility index (Phi) is 3.32. The van der Waals surface area contributed by atoms with Crippen LogP contribution in [0.15, 0.2) is 96.6 Å². The standard InChI is InChI=1S/C25H16O/c26-23-15-14-21(18-10-5-2-6-11-18)25-22(23)16-19-12-7-13-20(24(19)25)17-8-3-1-4-9-17/h1-16H. The molecule has 0 radical (unpaired) electrons. The predicted molar refractivity (Wildman–Crippen MR) is 107 cm³/mol. The van der Waals surface area contributed by atoms with Crippen LogP contribution in [0.3, 0.4) is 0 Å². The topological polar surface area (TPSA) is 17.1 Å². The van der Waals surface area contributed by atoms with Crippen LogP contribution in [0.1, 0.15) is 16.7 Å². The molecule has 0 N–H and O–H groups in total. The Morgan fingerprint density at radius 1 is 0.615 bits per heavy atom.